The third kappa shape index (κ3) is 3.40. The average molecular weight is 345 g/mol. The molecule has 1 aliphatic heterocycles. The molecule has 0 saturated carbocycles. The van der Waals surface area contributed by atoms with Gasteiger partial charge in [0.2, 0.25) is 5.91 Å². The van der Waals surface area contributed by atoms with E-state index >= 15 is 0 Å². The van der Waals surface area contributed by atoms with Gasteiger partial charge in [-0.25, -0.2) is 4.39 Å². The second-order valence-corrected chi connectivity index (χ2v) is 6.25. The first-order valence-electron chi connectivity index (χ1n) is 8.18. The summed E-state index contributed by atoms with van der Waals surface area (Å²) in [7, 11) is 0. The number of aliphatic carboxylic acids is 1. The maximum absolute atomic E-state index is 13.8. The number of amides is 1. The Morgan fingerprint density at radius 3 is 2.52 bits per heavy atom. The highest BCUT2D eigenvalue weighted by atomic mass is 19.1. The molecule has 0 spiro atoms. The number of fused-ring (bicyclic) bond motifs is 1. The van der Waals surface area contributed by atoms with Crippen LogP contribution in [0.5, 0.6) is 0 Å². The quantitative estimate of drug-likeness (QED) is 0.921. The van der Waals surface area contributed by atoms with Gasteiger partial charge in [-0.15, -0.1) is 0 Å². The molecule has 132 valence electrons. The molecule has 2 aromatic rings. The highest BCUT2D eigenvalue weighted by Crippen LogP contribution is 2.33. The molecular formula is C18H20FN3O3. The second kappa shape index (κ2) is 6.66. The number of hydrogen-bond acceptors (Lipinski definition) is 4. The van der Waals surface area contributed by atoms with Crippen molar-refractivity contribution >= 4 is 28.5 Å². The first-order chi connectivity index (χ1) is 11.9. The fraction of sp³-hybridized carbons (Fsp3) is 0.389. The number of carbonyl (C=O) groups excluding carboxylic acids is 1. The monoisotopic (exact) mass is 345 g/mol. The maximum atomic E-state index is 13.8. The minimum atomic E-state index is -0.954. The van der Waals surface area contributed by atoms with E-state index in [1.54, 1.807) is 17.9 Å². The molecule has 25 heavy (non-hydrogen) atoms. The van der Waals surface area contributed by atoms with Crippen molar-refractivity contribution in [1.82, 2.24) is 9.88 Å². The molecule has 0 aliphatic carbocycles. The van der Waals surface area contributed by atoms with E-state index in [1.807, 2.05) is 4.90 Å². The van der Waals surface area contributed by atoms with Crippen molar-refractivity contribution in [3.63, 3.8) is 0 Å². The van der Waals surface area contributed by atoms with E-state index in [0.717, 1.165) is 0 Å². The molecule has 0 atom stereocenters. The Kier molecular flexibility index (Phi) is 4.57. The number of aryl methyl sites for hydroxylation is 1. The molecule has 0 bridgehead atoms. The first kappa shape index (κ1) is 17.1. The topological polar surface area (TPSA) is 73.7 Å². The van der Waals surface area contributed by atoms with Crippen LogP contribution in [0.15, 0.2) is 18.2 Å². The van der Waals surface area contributed by atoms with Crippen molar-refractivity contribution < 1.29 is 19.1 Å². The van der Waals surface area contributed by atoms with Crippen LogP contribution >= 0.6 is 0 Å². The first-order valence-corrected chi connectivity index (χ1v) is 8.18. The van der Waals surface area contributed by atoms with Crippen LogP contribution in [0.3, 0.4) is 0 Å². The predicted octanol–water partition coefficient (Wildman–Crippen LogP) is 1.98. The number of piperazine rings is 1. The smallest absolute Gasteiger partial charge is 0.307 e. The van der Waals surface area contributed by atoms with E-state index in [1.165, 1.54) is 19.1 Å². The van der Waals surface area contributed by atoms with Crippen LogP contribution in [0.2, 0.25) is 0 Å². The lowest BCUT2D eigenvalue weighted by Gasteiger charge is -2.37. The Labute approximate surface area is 144 Å². The summed E-state index contributed by atoms with van der Waals surface area (Å²) in [5, 5.41) is 9.89. The Morgan fingerprint density at radius 2 is 1.92 bits per heavy atom. The maximum Gasteiger partial charge on any atom is 0.307 e. The Morgan fingerprint density at radius 1 is 1.24 bits per heavy atom. The molecule has 2 heterocycles. The standard InChI is InChI=1S/C18H20FN3O3/c1-11-14(10-17(24)25)18(15-9-13(19)3-4-16(15)20-11)22-7-5-21(6-8-22)12(2)23/h3-4,9H,5-8,10H2,1-2H3,(H,24,25). The molecule has 1 aliphatic rings. The lowest BCUT2D eigenvalue weighted by atomic mass is 10.0. The number of halogens is 1. The molecule has 6 nitrogen and oxygen atoms in total. The van der Waals surface area contributed by atoms with Gasteiger partial charge in [0.15, 0.2) is 0 Å². The fourth-order valence-electron chi connectivity index (χ4n) is 3.35. The minimum absolute atomic E-state index is 0.0206. The van der Waals surface area contributed by atoms with E-state index < -0.39 is 5.97 Å². The van der Waals surface area contributed by atoms with Gasteiger partial charge < -0.3 is 14.9 Å². The number of nitrogens with zero attached hydrogens (tertiary/aromatic N) is 3. The molecule has 0 radical (unpaired) electrons. The minimum Gasteiger partial charge on any atom is -0.481 e. The van der Waals surface area contributed by atoms with E-state index in [4.69, 9.17) is 0 Å². The summed E-state index contributed by atoms with van der Waals surface area (Å²) in [4.78, 5) is 31.1. The number of carbonyl (C=O) groups is 2. The van der Waals surface area contributed by atoms with Crippen molar-refractivity contribution in [3.8, 4) is 0 Å². The molecule has 7 heteroatoms. The molecule has 1 saturated heterocycles. The molecule has 3 rings (SSSR count). The Bertz CT molecular complexity index is 845. The van der Waals surface area contributed by atoms with Gasteiger partial charge in [-0.05, 0) is 25.1 Å². The number of rotatable bonds is 3. The number of anilines is 1. The highest BCUT2D eigenvalue weighted by molar-refractivity contribution is 5.95. The van der Waals surface area contributed by atoms with E-state index in [9.17, 15) is 19.1 Å². The second-order valence-electron chi connectivity index (χ2n) is 6.25. The van der Waals surface area contributed by atoms with Gasteiger partial charge in [0.1, 0.15) is 5.82 Å². The van der Waals surface area contributed by atoms with Crippen LogP contribution in [0.1, 0.15) is 18.2 Å². The number of aromatic nitrogens is 1. The van der Waals surface area contributed by atoms with Crippen LogP contribution < -0.4 is 4.90 Å². The molecule has 1 amide bonds. The SMILES string of the molecule is CC(=O)N1CCN(c2c(CC(=O)O)c(C)nc3ccc(F)cc23)CC1. The van der Waals surface area contributed by atoms with Crippen LogP contribution in [0, 0.1) is 12.7 Å². The van der Waals surface area contributed by atoms with Crippen molar-refractivity contribution in [2.45, 2.75) is 20.3 Å². The van der Waals surface area contributed by atoms with Crippen molar-refractivity contribution in [2.24, 2.45) is 0 Å². The zero-order chi connectivity index (χ0) is 18.1. The van der Waals surface area contributed by atoms with Crippen LogP contribution in [0.25, 0.3) is 10.9 Å². The van der Waals surface area contributed by atoms with Gasteiger partial charge in [0.25, 0.3) is 0 Å². The molecule has 1 aromatic heterocycles. The number of carboxylic acid groups (broad SMARTS) is 1. The predicted molar refractivity (Wildman–Crippen MR) is 92.2 cm³/mol. The number of carboxylic acids is 1. The summed E-state index contributed by atoms with van der Waals surface area (Å²) in [6.07, 6.45) is -0.173. The van der Waals surface area contributed by atoms with Gasteiger partial charge in [-0.2, -0.15) is 0 Å². The number of benzene rings is 1. The van der Waals surface area contributed by atoms with Gasteiger partial charge in [-0.1, -0.05) is 0 Å². The van der Waals surface area contributed by atoms with Gasteiger partial charge in [0, 0.05) is 49.7 Å². The summed E-state index contributed by atoms with van der Waals surface area (Å²) in [5.41, 5.74) is 2.58. The lowest BCUT2D eigenvalue weighted by Crippen LogP contribution is -2.48. The van der Waals surface area contributed by atoms with Crippen LogP contribution in [-0.2, 0) is 16.0 Å². The Hall–Kier alpha value is -2.70. The molecule has 0 unspecified atom stereocenters. The molecule has 1 aromatic carbocycles. The fourth-order valence-corrected chi connectivity index (χ4v) is 3.35. The van der Waals surface area contributed by atoms with E-state index in [2.05, 4.69) is 4.98 Å². The molecular weight excluding hydrogens is 325 g/mol. The zero-order valence-corrected chi connectivity index (χ0v) is 14.3. The summed E-state index contributed by atoms with van der Waals surface area (Å²) < 4.78 is 13.8. The van der Waals surface area contributed by atoms with Crippen molar-refractivity contribution in [1.29, 1.82) is 0 Å². The Balaban J connectivity index is 2.11. The third-order valence-corrected chi connectivity index (χ3v) is 4.59. The van der Waals surface area contributed by atoms with Gasteiger partial charge >= 0.3 is 5.97 Å². The summed E-state index contributed by atoms with van der Waals surface area (Å²) in [6.45, 7) is 5.56. The van der Waals surface area contributed by atoms with Crippen molar-refractivity contribution in [2.75, 3.05) is 31.1 Å². The van der Waals surface area contributed by atoms with E-state index in [-0.39, 0.29) is 18.1 Å². The van der Waals surface area contributed by atoms with Crippen molar-refractivity contribution in [3.05, 3.63) is 35.3 Å². The van der Waals surface area contributed by atoms with Gasteiger partial charge in [0.05, 0.1) is 17.6 Å². The van der Waals surface area contributed by atoms with Crippen LogP contribution in [-0.4, -0.2) is 53.0 Å². The largest absolute Gasteiger partial charge is 0.481 e. The summed E-state index contributed by atoms with van der Waals surface area (Å²) in [6, 6.07) is 4.36. The van der Waals surface area contributed by atoms with Crippen LogP contribution in [0.4, 0.5) is 10.1 Å². The summed E-state index contributed by atoms with van der Waals surface area (Å²) >= 11 is 0. The normalized spacial score (nSPS) is 14.8. The third-order valence-electron chi connectivity index (χ3n) is 4.59. The van der Waals surface area contributed by atoms with E-state index in [0.29, 0.717) is 54.0 Å². The average Bonchev–Trinajstić information content (AvgIpc) is 2.56. The molecule has 1 N–H and O–H groups in total. The summed E-state index contributed by atoms with van der Waals surface area (Å²) in [5.74, 6) is -1.32. The number of hydrogen-bond donors (Lipinski definition) is 1. The zero-order valence-electron chi connectivity index (χ0n) is 14.3. The highest BCUT2D eigenvalue weighted by Gasteiger charge is 2.25. The number of pyridine rings is 1. The van der Waals surface area contributed by atoms with Gasteiger partial charge in [-0.3, -0.25) is 14.6 Å². The molecule has 1 fully saturated rings. The lowest BCUT2D eigenvalue weighted by molar-refractivity contribution is -0.136.